The maximum absolute atomic E-state index is 13.2. The van der Waals surface area contributed by atoms with Crippen molar-refractivity contribution in [2.45, 2.75) is 45.3 Å². The molecular weight excluding hydrogens is 652 g/mol. The van der Waals surface area contributed by atoms with E-state index < -0.39 is 30.2 Å². The van der Waals surface area contributed by atoms with E-state index in [4.69, 9.17) is 37.4 Å². The Bertz CT molecular complexity index is 1390. The fourth-order valence-corrected chi connectivity index (χ4v) is 4.88. The quantitative estimate of drug-likeness (QED) is 0.131. The highest BCUT2D eigenvalue weighted by Crippen LogP contribution is 2.30. The van der Waals surface area contributed by atoms with Crippen molar-refractivity contribution < 1.29 is 46.8 Å². The fraction of sp³-hybridized carbons (Fsp3) is 0.375. The van der Waals surface area contributed by atoms with Crippen LogP contribution in [0.3, 0.4) is 0 Å². The smallest absolute Gasteiger partial charge is 0.492 e. The Morgan fingerprint density at radius 1 is 0.935 bits per heavy atom. The van der Waals surface area contributed by atoms with Crippen LogP contribution in [-0.2, 0) is 27.3 Å². The summed E-state index contributed by atoms with van der Waals surface area (Å²) in [4.78, 5) is 26.0. The average molecular weight is 688 g/mol. The van der Waals surface area contributed by atoms with Gasteiger partial charge >= 0.3 is 18.4 Å². The van der Waals surface area contributed by atoms with E-state index in [9.17, 15) is 27.9 Å². The summed E-state index contributed by atoms with van der Waals surface area (Å²) in [6.45, 7) is 3.13. The number of alkyl halides is 3. The van der Waals surface area contributed by atoms with E-state index in [0.717, 1.165) is 17.2 Å². The Morgan fingerprint density at radius 3 is 2.28 bits per heavy atom. The highest BCUT2D eigenvalue weighted by atomic mass is 35.5. The van der Waals surface area contributed by atoms with Gasteiger partial charge in [-0.1, -0.05) is 47.5 Å². The third-order valence-corrected chi connectivity index (χ3v) is 6.85. The molecule has 3 aromatic rings. The number of aliphatic carboxylic acids is 1. The predicted molar refractivity (Wildman–Crippen MR) is 168 cm³/mol. The van der Waals surface area contributed by atoms with Crippen LogP contribution >= 0.6 is 23.2 Å². The molecule has 3 aromatic carbocycles. The van der Waals surface area contributed by atoms with E-state index >= 15 is 0 Å². The standard InChI is InChI=1S/C32H35Cl2F3N2O7/c1-2-44-29(30(40)41)19-22-9-11-26(12-10-22)45-16-14-39(13-5-6-15-43-21-23-17-24(33)20-25(34)18-23)31(42)38-27-7-3-4-8-28(27)46-32(35,36)37/h3-4,7-12,17-18,20,29H,2,5-6,13-16,19,21H2,1H3,(H,38,42)(H,40,41). The third kappa shape index (κ3) is 13.3. The zero-order chi connectivity index (χ0) is 33.5. The molecule has 46 heavy (non-hydrogen) atoms. The van der Waals surface area contributed by atoms with Crippen molar-refractivity contribution in [3.8, 4) is 11.5 Å². The van der Waals surface area contributed by atoms with Gasteiger partial charge in [0, 0.05) is 36.2 Å². The van der Waals surface area contributed by atoms with Gasteiger partial charge in [-0.25, -0.2) is 9.59 Å². The molecule has 2 N–H and O–H groups in total. The molecule has 1 atom stereocenters. The number of para-hydroxylation sites is 2. The lowest BCUT2D eigenvalue weighted by Gasteiger charge is -2.24. The monoisotopic (exact) mass is 686 g/mol. The number of nitrogens with one attached hydrogen (secondary N) is 1. The minimum atomic E-state index is -4.93. The van der Waals surface area contributed by atoms with Gasteiger partial charge in [-0.15, -0.1) is 13.2 Å². The molecule has 250 valence electrons. The average Bonchev–Trinajstić information content (AvgIpc) is 2.98. The van der Waals surface area contributed by atoms with Gasteiger partial charge in [-0.05, 0) is 73.4 Å². The molecule has 14 heteroatoms. The first-order chi connectivity index (χ1) is 21.9. The number of carboxylic acid groups (broad SMARTS) is 1. The lowest BCUT2D eigenvalue weighted by molar-refractivity contribution is -0.274. The lowest BCUT2D eigenvalue weighted by Crippen LogP contribution is -2.38. The highest BCUT2D eigenvalue weighted by molar-refractivity contribution is 6.34. The number of rotatable bonds is 18. The molecule has 0 aliphatic heterocycles. The summed E-state index contributed by atoms with van der Waals surface area (Å²) < 4.78 is 59.5. The van der Waals surface area contributed by atoms with E-state index in [-0.39, 0.29) is 38.4 Å². The van der Waals surface area contributed by atoms with E-state index in [1.165, 1.54) is 23.1 Å². The molecule has 0 radical (unpaired) electrons. The molecule has 0 aromatic heterocycles. The van der Waals surface area contributed by atoms with E-state index in [0.29, 0.717) is 41.9 Å². The van der Waals surface area contributed by atoms with Crippen LogP contribution in [0.5, 0.6) is 11.5 Å². The number of carboxylic acids is 1. The van der Waals surface area contributed by atoms with Gasteiger partial charge in [0.1, 0.15) is 12.4 Å². The summed E-state index contributed by atoms with van der Waals surface area (Å²) in [6, 6.07) is 16.6. The number of benzene rings is 3. The number of hydrogen-bond donors (Lipinski definition) is 2. The molecule has 0 fully saturated rings. The molecule has 0 saturated carbocycles. The van der Waals surface area contributed by atoms with Crippen molar-refractivity contribution in [1.82, 2.24) is 4.90 Å². The second-order valence-electron chi connectivity index (χ2n) is 9.98. The van der Waals surface area contributed by atoms with Gasteiger partial charge in [-0.2, -0.15) is 0 Å². The molecule has 0 heterocycles. The Morgan fingerprint density at radius 2 is 1.63 bits per heavy atom. The summed E-state index contributed by atoms with van der Waals surface area (Å²) >= 11 is 12.0. The number of ether oxygens (including phenoxy) is 4. The first kappa shape index (κ1) is 36.8. The largest absolute Gasteiger partial charge is 0.573 e. The maximum Gasteiger partial charge on any atom is 0.573 e. The van der Waals surface area contributed by atoms with Crippen molar-refractivity contribution in [1.29, 1.82) is 0 Å². The van der Waals surface area contributed by atoms with Crippen LogP contribution in [0, 0.1) is 0 Å². The first-order valence-electron chi connectivity index (χ1n) is 14.4. The van der Waals surface area contributed by atoms with Gasteiger partial charge in [-0.3, -0.25) is 0 Å². The fourth-order valence-electron chi connectivity index (χ4n) is 4.31. The number of anilines is 1. The number of hydrogen-bond acceptors (Lipinski definition) is 6. The van der Waals surface area contributed by atoms with E-state index in [2.05, 4.69) is 10.1 Å². The molecule has 1 unspecified atom stereocenters. The van der Waals surface area contributed by atoms with Crippen molar-refractivity contribution in [2.24, 2.45) is 0 Å². The van der Waals surface area contributed by atoms with Gasteiger partial charge in [0.15, 0.2) is 11.9 Å². The van der Waals surface area contributed by atoms with Crippen LogP contribution in [0.25, 0.3) is 0 Å². The zero-order valence-electron chi connectivity index (χ0n) is 25.0. The van der Waals surface area contributed by atoms with Crippen LogP contribution in [0.15, 0.2) is 66.7 Å². The van der Waals surface area contributed by atoms with E-state index in [1.54, 1.807) is 49.4 Å². The second kappa shape index (κ2) is 18.4. The Hall–Kier alpha value is -3.71. The number of carbonyl (C=O) groups excluding carboxylic acids is 1. The van der Waals surface area contributed by atoms with Gasteiger partial charge in [0.05, 0.1) is 18.8 Å². The Labute approximate surface area is 275 Å². The van der Waals surface area contributed by atoms with Gasteiger partial charge in [0.2, 0.25) is 0 Å². The summed E-state index contributed by atoms with van der Waals surface area (Å²) in [5.74, 6) is -1.10. The molecule has 2 amide bonds. The number of amides is 2. The van der Waals surface area contributed by atoms with Gasteiger partial charge < -0.3 is 34.3 Å². The molecule has 0 spiro atoms. The van der Waals surface area contributed by atoms with Crippen molar-refractivity contribution in [2.75, 3.05) is 38.2 Å². The van der Waals surface area contributed by atoms with Crippen molar-refractivity contribution >= 4 is 40.9 Å². The van der Waals surface area contributed by atoms with Gasteiger partial charge in [0.25, 0.3) is 0 Å². The molecule has 0 saturated heterocycles. The normalized spacial score (nSPS) is 12.0. The lowest BCUT2D eigenvalue weighted by atomic mass is 10.1. The van der Waals surface area contributed by atoms with Crippen LogP contribution in [-0.4, -0.2) is 67.4 Å². The number of urea groups is 1. The molecule has 0 bridgehead atoms. The summed E-state index contributed by atoms with van der Waals surface area (Å²) in [6.07, 6.45) is -4.58. The molecule has 0 aliphatic carbocycles. The minimum absolute atomic E-state index is 0.0796. The summed E-state index contributed by atoms with van der Waals surface area (Å²) in [5, 5.41) is 12.8. The highest BCUT2D eigenvalue weighted by Gasteiger charge is 2.32. The Balaban J connectivity index is 1.58. The van der Waals surface area contributed by atoms with Crippen LogP contribution in [0.1, 0.15) is 30.9 Å². The van der Waals surface area contributed by atoms with Crippen LogP contribution in [0.4, 0.5) is 23.7 Å². The van der Waals surface area contributed by atoms with Crippen molar-refractivity contribution in [3.63, 3.8) is 0 Å². The summed E-state index contributed by atoms with van der Waals surface area (Å²) in [5.41, 5.74) is 1.43. The molecule has 3 rings (SSSR count). The number of nitrogens with zero attached hydrogens (tertiary/aromatic N) is 1. The number of unbranched alkanes of at least 4 members (excludes halogenated alkanes) is 1. The maximum atomic E-state index is 13.2. The zero-order valence-corrected chi connectivity index (χ0v) is 26.5. The SMILES string of the molecule is CCOC(Cc1ccc(OCCN(CCCCOCc2cc(Cl)cc(Cl)c2)C(=O)Nc2ccccc2OC(F)(F)F)cc1)C(=O)O. The molecular formula is C32H35Cl2F3N2O7. The molecule has 9 nitrogen and oxygen atoms in total. The van der Waals surface area contributed by atoms with Crippen molar-refractivity contribution in [3.05, 3.63) is 87.9 Å². The molecule has 0 aliphatic rings. The number of carbonyl (C=O) groups is 2. The topological polar surface area (TPSA) is 107 Å². The second-order valence-corrected chi connectivity index (χ2v) is 10.9. The Kier molecular flexibility index (Phi) is 14.7. The minimum Gasteiger partial charge on any atom is -0.492 e. The predicted octanol–water partition coefficient (Wildman–Crippen LogP) is 7.83. The third-order valence-electron chi connectivity index (χ3n) is 6.42. The van der Waals surface area contributed by atoms with Crippen LogP contribution < -0.4 is 14.8 Å². The summed E-state index contributed by atoms with van der Waals surface area (Å²) in [7, 11) is 0. The van der Waals surface area contributed by atoms with Crippen LogP contribution in [0.2, 0.25) is 10.0 Å². The number of halogens is 5. The van der Waals surface area contributed by atoms with E-state index in [1.807, 2.05) is 0 Å². The first-order valence-corrected chi connectivity index (χ1v) is 15.2.